The molecule has 2 aromatic carbocycles. The zero-order valence-corrected chi connectivity index (χ0v) is 16.7. The van der Waals surface area contributed by atoms with Gasteiger partial charge in [-0.1, -0.05) is 30.3 Å². The molecule has 1 aliphatic rings. The van der Waals surface area contributed by atoms with Gasteiger partial charge in [0.15, 0.2) is 16.4 Å². The Kier molecular flexibility index (Phi) is 6.36. The maximum Gasteiger partial charge on any atom is 0.257 e. The molecular formula is C21H25NO5S. The molecule has 28 heavy (non-hydrogen) atoms. The van der Waals surface area contributed by atoms with Crippen molar-refractivity contribution in [2.45, 2.75) is 23.2 Å². The Morgan fingerprint density at radius 2 is 1.71 bits per heavy atom. The summed E-state index contributed by atoms with van der Waals surface area (Å²) in [5.74, 6) is 0.236. The molecule has 0 aliphatic carbocycles. The van der Waals surface area contributed by atoms with Crippen LogP contribution in [0.15, 0.2) is 59.5 Å². The summed E-state index contributed by atoms with van der Waals surface area (Å²) >= 11 is 0. The van der Waals surface area contributed by atoms with Gasteiger partial charge in [0.1, 0.15) is 5.75 Å². The predicted octanol–water partition coefficient (Wildman–Crippen LogP) is 2.33. The van der Waals surface area contributed by atoms with Gasteiger partial charge in [-0.25, -0.2) is 8.42 Å². The number of rotatable bonds is 7. The van der Waals surface area contributed by atoms with Crippen molar-refractivity contribution in [1.82, 2.24) is 5.32 Å². The number of ether oxygens (including phenoxy) is 2. The van der Waals surface area contributed by atoms with Crippen LogP contribution in [-0.4, -0.2) is 46.9 Å². The predicted molar refractivity (Wildman–Crippen MR) is 106 cm³/mol. The fraction of sp³-hybridized carbons (Fsp3) is 0.381. The number of carbonyl (C=O) groups excluding carboxylic acids is 1. The molecule has 0 spiro atoms. The number of nitrogens with one attached hydrogen (secondary N) is 1. The van der Waals surface area contributed by atoms with Crippen LogP contribution in [-0.2, 0) is 24.8 Å². The normalized spacial score (nSPS) is 16.3. The van der Waals surface area contributed by atoms with E-state index in [0.29, 0.717) is 25.5 Å². The maximum atomic E-state index is 12.3. The number of amides is 1. The smallest absolute Gasteiger partial charge is 0.257 e. The van der Waals surface area contributed by atoms with Crippen LogP contribution in [0.1, 0.15) is 18.4 Å². The highest BCUT2D eigenvalue weighted by Gasteiger charge is 2.34. The topological polar surface area (TPSA) is 81.7 Å². The first-order valence-corrected chi connectivity index (χ1v) is 11.1. The average Bonchev–Trinajstić information content (AvgIpc) is 2.72. The van der Waals surface area contributed by atoms with E-state index < -0.39 is 9.84 Å². The molecule has 0 atom stereocenters. The summed E-state index contributed by atoms with van der Waals surface area (Å²) < 4.78 is 34.0. The van der Waals surface area contributed by atoms with E-state index in [1.54, 1.807) is 12.1 Å². The zero-order valence-electron chi connectivity index (χ0n) is 15.9. The SMILES string of the molecule is CS(=O)(=O)c1ccc(OCC(=O)NCC2(c3ccccc3)CCOCC2)cc1. The number of hydrogen-bond donors (Lipinski definition) is 1. The van der Waals surface area contributed by atoms with Gasteiger partial charge in [-0.15, -0.1) is 0 Å². The highest BCUT2D eigenvalue weighted by Crippen LogP contribution is 2.34. The Morgan fingerprint density at radius 1 is 1.07 bits per heavy atom. The number of benzene rings is 2. The number of hydrogen-bond acceptors (Lipinski definition) is 5. The first kappa shape index (κ1) is 20.4. The van der Waals surface area contributed by atoms with E-state index in [0.717, 1.165) is 19.1 Å². The summed E-state index contributed by atoms with van der Waals surface area (Å²) in [6, 6.07) is 16.2. The minimum atomic E-state index is -3.25. The summed E-state index contributed by atoms with van der Waals surface area (Å²) in [5.41, 5.74) is 1.07. The Labute approximate surface area is 165 Å². The lowest BCUT2D eigenvalue weighted by molar-refractivity contribution is -0.123. The van der Waals surface area contributed by atoms with Gasteiger partial charge in [0.25, 0.3) is 5.91 Å². The second kappa shape index (κ2) is 8.75. The Bertz CT molecular complexity index is 888. The monoisotopic (exact) mass is 403 g/mol. The van der Waals surface area contributed by atoms with Crippen LogP contribution in [0.5, 0.6) is 5.75 Å². The molecule has 1 fully saturated rings. The van der Waals surface area contributed by atoms with Gasteiger partial charge in [-0.05, 0) is 42.7 Å². The van der Waals surface area contributed by atoms with Crippen LogP contribution in [0.3, 0.4) is 0 Å². The van der Waals surface area contributed by atoms with Gasteiger partial charge in [0.2, 0.25) is 0 Å². The summed E-state index contributed by atoms with van der Waals surface area (Å²) in [6.07, 6.45) is 2.85. The highest BCUT2D eigenvalue weighted by molar-refractivity contribution is 7.90. The molecule has 3 rings (SSSR count). The molecule has 150 valence electrons. The fourth-order valence-corrected chi connectivity index (χ4v) is 4.00. The first-order chi connectivity index (χ1) is 13.4. The van der Waals surface area contributed by atoms with Crippen molar-refractivity contribution in [3.8, 4) is 5.75 Å². The number of carbonyl (C=O) groups is 1. The summed E-state index contributed by atoms with van der Waals surface area (Å²) in [4.78, 5) is 12.5. The van der Waals surface area contributed by atoms with E-state index in [1.807, 2.05) is 18.2 Å². The minimum Gasteiger partial charge on any atom is -0.484 e. The summed E-state index contributed by atoms with van der Waals surface area (Å²) in [6.45, 7) is 1.75. The van der Waals surface area contributed by atoms with Crippen molar-refractivity contribution in [2.75, 3.05) is 32.6 Å². The standard InChI is InChI=1S/C21H25NO5S/c1-28(24,25)19-9-7-18(8-10-19)27-15-20(23)22-16-21(11-13-26-14-12-21)17-5-3-2-4-6-17/h2-10H,11-16H2,1H3,(H,22,23). The quantitative estimate of drug-likeness (QED) is 0.767. The molecule has 2 aromatic rings. The van der Waals surface area contributed by atoms with E-state index in [2.05, 4.69) is 17.4 Å². The van der Waals surface area contributed by atoms with Crippen molar-refractivity contribution in [2.24, 2.45) is 0 Å². The molecule has 0 radical (unpaired) electrons. The van der Waals surface area contributed by atoms with Gasteiger partial charge in [0.05, 0.1) is 4.90 Å². The van der Waals surface area contributed by atoms with Crippen molar-refractivity contribution in [3.63, 3.8) is 0 Å². The third-order valence-electron chi connectivity index (χ3n) is 5.08. The minimum absolute atomic E-state index is 0.125. The molecule has 7 heteroatoms. The maximum absolute atomic E-state index is 12.3. The van der Waals surface area contributed by atoms with Crippen molar-refractivity contribution in [3.05, 3.63) is 60.2 Å². The van der Waals surface area contributed by atoms with Gasteiger partial charge in [0, 0.05) is 31.4 Å². The molecule has 0 unspecified atom stereocenters. The van der Waals surface area contributed by atoms with Crippen molar-refractivity contribution < 1.29 is 22.7 Å². The van der Waals surface area contributed by atoms with E-state index in [9.17, 15) is 13.2 Å². The Balaban J connectivity index is 1.57. The second-order valence-corrected chi connectivity index (χ2v) is 9.08. The molecular weight excluding hydrogens is 378 g/mol. The van der Waals surface area contributed by atoms with Crippen LogP contribution >= 0.6 is 0 Å². The molecule has 1 heterocycles. The van der Waals surface area contributed by atoms with Gasteiger partial charge < -0.3 is 14.8 Å². The molecule has 6 nitrogen and oxygen atoms in total. The van der Waals surface area contributed by atoms with Crippen LogP contribution in [0.2, 0.25) is 0 Å². The Morgan fingerprint density at radius 3 is 2.32 bits per heavy atom. The summed E-state index contributed by atoms with van der Waals surface area (Å²) in [5, 5.41) is 2.98. The molecule has 1 aliphatic heterocycles. The van der Waals surface area contributed by atoms with Crippen LogP contribution in [0.25, 0.3) is 0 Å². The first-order valence-electron chi connectivity index (χ1n) is 9.22. The third kappa shape index (κ3) is 5.11. The lowest BCUT2D eigenvalue weighted by atomic mass is 9.74. The van der Waals surface area contributed by atoms with E-state index in [-0.39, 0.29) is 22.8 Å². The molecule has 1 saturated heterocycles. The highest BCUT2D eigenvalue weighted by atomic mass is 32.2. The van der Waals surface area contributed by atoms with E-state index >= 15 is 0 Å². The lowest BCUT2D eigenvalue weighted by Crippen LogP contribution is -2.45. The molecule has 1 amide bonds. The summed E-state index contributed by atoms with van der Waals surface area (Å²) in [7, 11) is -3.25. The van der Waals surface area contributed by atoms with Crippen molar-refractivity contribution in [1.29, 1.82) is 0 Å². The molecule has 0 bridgehead atoms. The zero-order chi connectivity index (χ0) is 20.0. The second-order valence-electron chi connectivity index (χ2n) is 7.07. The molecule has 0 saturated carbocycles. The lowest BCUT2D eigenvalue weighted by Gasteiger charge is -2.38. The third-order valence-corrected chi connectivity index (χ3v) is 6.21. The number of sulfone groups is 1. The van der Waals surface area contributed by atoms with Gasteiger partial charge in [-0.2, -0.15) is 0 Å². The molecule has 0 aromatic heterocycles. The van der Waals surface area contributed by atoms with Crippen LogP contribution in [0.4, 0.5) is 0 Å². The Hall–Kier alpha value is -2.38. The van der Waals surface area contributed by atoms with Crippen LogP contribution < -0.4 is 10.1 Å². The largest absolute Gasteiger partial charge is 0.484 e. The van der Waals surface area contributed by atoms with Gasteiger partial charge >= 0.3 is 0 Å². The fourth-order valence-electron chi connectivity index (χ4n) is 3.37. The van der Waals surface area contributed by atoms with Crippen molar-refractivity contribution >= 4 is 15.7 Å². The van der Waals surface area contributed by atoms with E-state index in [1.165, 1.54) is 17.7 Å². The van der Waals surface area contributed by atoms with Crippen LogP contribution in [0, 0.1) is 0 Å². The van der Waals surface area contributed by atoms with E-state index in [4.69, 9.17) is 9.47 Å². The molecule has 1 N–H and O–H groups in total. The van der Waals surface area contributed by atoms with Gasteiger partial charge in [-0.3, -0.25) is 4.79 Å². The average molecular weight is 404 g/mol.